The van der Waals surface area contributed by atoms with Gasteiger partial charge in [-0.2, -0.15) is 0 Å². The lowest BCUT2D eigenvalue weighted by Crippen LogP contribution is -2.26. The SMILES string of the molecule is COc1ccc(C)cc1CCNC(=O)c1cccc(C)c1C. The smallest absolute Gasteiger partial charge is 0.251 e. The zero-order valence-corrected chi connectivity index (χ0v) is 13.7. The second kappa shape index (κ2) is 7.12. The fourth-order valence-corrected chi connectivity index (χ4v) is 2.51. The van der Waals surface area contributed by atoms with Crippen LogP contribution < -0.4 is 10.1 Å². The van der Waals surface area contributed by atoms with Crippen molar-refractivity contribution in [1.82, 2.24) is 5.32 Å². The predicted molar refractivity (Wildman–Crippen MR) is 89.7 cm³/mol. The average Bonchev–Trinajstić information content (AvgIpc) is 2.50. The molecule has 2 rings (SSSR count). The van der Waals surface area contributed by atoms with Crippen molar-refractivity contribution in [2.75, 3.05) is 13.7 Å². The van der Waals surface area contributed by atoms with E-state index < -0.39 is 0 Å². The van der Waals surface area contributed by atoms with E-state index in [0.717, 1.165) is 34.4 Å². The number of rotatable bonds is 5. The molecule has 3 heteroatoms. The molecule has 0 radical (unpaired) electrons. The van der Waals surface area contributed by atoms with Gasteiger partial charge in [0.2, 0.25) is 0 Å². The monoisotopic (exact) mass is 297 g/mol. The van der Waals surface area contributed by atoms with Gasteiger partial charge >= 0.3 is 0 Å². The van der Waals surface area contributed by atoms with E-state index in [4.69, 9.17) is 4.74 Å². The Kier molecular flexibility index (Phi) is 5.21. The van der Waals surface area contributed by atoms with E-state index in [-0.39, 0.29) is 5.91 Å². The first-order valence-electron chi connectivity index (χ1n) is 7.51. The number of ether oxygens (including phenoxy) is 1. The molecule has 1 amide bonds. The first-order valence-corrected chi connectivity index (χ1v) is 7.51. The van der Waals surface area contributed by atoms with Crippen LogP contribution >= 0.6 is 0 Å². The van der Waals surface area contributed by atoms with Gasteiger partial charge in [0.1, 0.15) is 5.75 Å². The molecule has 2 aromatic carbocycles. The van der Waals surface area contributed by atoms with Crippen molar-refractivity contribution in [3.05, 3.63) is 64.2 Å². The minimum Gasteiger partial charge on any atom is -0.496 e. The number of methoxy groups -OCH3 is 1. The molecule has 0 fully saturated rings. The first kappa shape index (κ1) is 16.1. The lowest BCUT2D eigenvalue weighted by atomic mass is 10.0. The molecule has 0 heterocycles. The highest BCUT2D eigenvalue weighted by molar-refractivity contribution is 5.95. The van der Waals surface area contributed by atoms with Gasteiger partial charge in [0.15, 0.2) is 0 Å². The Bertz CT molecular complexity index is 677. The fraction of sp³-hybridized carbons (Fsp3) is 0.316. The Labute approximate surface area is 132 Å². The maximum atomic E-state index is 12.3. The largest absolute Gasteiger partial charge is 0.496 e. The normalized spacial score (nSPS) is 10.4. The highest BCUT2D eigenvalue weighted by atomic mass is 16.5. The third-order valence-electron chi connectivity index (χ3n) is 3.97. The van der Waals surface area contributed by atoms with Crippen LogP contribution in [0.1, 0.15) is 32.6 Å². The van der Waals surface area contributed by atoms with Crippen molar-refractivity contribution >= 4 is 5.91 Å². The van der Waals surface area contributed by atoms with Gasteiger partial charge in [-0.05, 0) is 56.0 Å². The van der Waals surface area contributed by atoms with E-state index >= 15 is 0 Å². The molecule has 0 atom stereocenters. The van der Waals surface area contributed by atoms with Gasteiger partial charge in [-0.25, -0.2) is 0 Å². The third kappa shape index (κ3) is 3.67. The molecule has 0 aromatic heterocycles. The van der Waals surface area contributed by atoms with Crippen molar-refractivity contribution < 1.29 is 9.53 Å². The molecule has 3 nitrogen and oxygen atoms in total. The summed E-state index contributed by atoms with van der Waals surface area (Å²) in [6, 6.07) is 11.9. The standard InChI is InChI=1S/C19H23NO2/c1-13-8-9-18(22-4)16(12-13)10-11-20-19(21)17-7-5-6-14(2)15(17)3/h5-9,12H,10-11H2,1-4H3,(H,20,21). The number of aryl methyl sites for hydroxylation is 2. The number of carbonyl (C=O) groups is 1. The van der Waals surface area contributed by atoms with Gasteiger partial charge < -0.3 is 10.1 Å². The minimum absolute atomic E-state index is 0.0205. The van der Waals surface area contributed by atoms with Crippen LogP contribution in [-0.4, -0.2) is 19.6 Å². The second-order valence-electron chi connectivity index (χ2n) is 5.57. The lowest BCUT2D eigenvalue weighted by molar-refractivity contribution is 0.0953. The van der Waals surface area contributed by atoms with Gasteiger partial charge in [0, 0.05) is 12.1 Å². The molecule has 116 valence electrons. The van der Waals surface area contributed by atoms with Crippen molar-refractivity contribution in [1.29, 1.82) is 0 Å². The maximum absolute atomic E-state index is 12.3. The van der Waals surface area contributed by atoms with Gasteiger partial charge in [-0.3, -0.25) is 4.79 Å². The molecule has 0 aliphatic heterocycles. The van der Waals surface area contributed by atoms with Crippen LogP contribution in [0.5, 0.6) is 5.75 Å². The first-order chi connectivity index (χ1) is 10.5. The summed E-state index contributed by atoms with van der Waals surface area (Å²) in [4.78, 5) is 12.3. The van der Waals surface area contributed by atoms with E-state index in [1.807, 2.05) is 44.2 Å². The van der Waals surface area contributed by atoms with E-state index in [0.29, 0.717) is 6.54 Å². The number of hydrogen-bond donors (Lipinski definition) is 1. The van der Waals surface area contributed by atoms with Gasteiger partial charge in [-0.1, -0.05) is 29.8 Å². The number of hydrogen-bond acceptors (Lipinski definition) is 2. The number of benzene rings is 2. The Morgan fingerprint density at radius 3 is 2.64 bits per heavy atom. The summed E-state index contributed by atoms with van der Waals surface area (Å²) in [5, 5.41) is 2.99. The number of amides is 1. The van der Waals surface area contributed by atoms with Crippen LogP contribution in [0.2, 0.25) is 0 Å². The molecule has 2 aromatic rings. The Morgan fingerprint density at radius 1 is 1.14 bits per heavy atom. The Morgan fingerprint density at radius 2 is 1.91 bits per heavy atom. The van der Waals surface area contributed by atoms with E-state index in [1.165, 1.54) is 5.56 Å². The highest BCUT2D eigenvalue weighted by Gasteiger charge is 2.10. The van der Waals surface area contributed by atoms with E-state index in [1.54, 1.807) is 7.11 Å². The summed E-state index contributed by atoms with van der Waals surface area (Å²) < 4.78 is 5.36. The van der Waals surface area contributed by atoms with Crippen LogP contribution in [0, 0.1) is 20.8 Å². The molecule has 0 bridgehead atoms. The van der Waals surface area contributed by atoms with Crippen LogP contribution in [0.3, 0.4) is 0 Å². The van der Waals surface area contributed by atoms with Crippen molar-refractivity contribution in [2.45, 2.75) is 27.2 Å². The quantitative estimate of drug-likeness (QED) is 0.916. The molecule has 0 saturated carbocycles. The Balaban J connectivity index is 2.01. The van der Waals surface area contributed by atoms with Crippen molar-refractivity contribution in [3.8, 4) is 5.75 Å². The van der Waals surface area contributed by atoms with E-state index in [2.05, 4.69) is 18.3 Å². The summed E-state index contributed by atoms with van der Waals surface area (Å²) in [5.74, 6) is 0.847. The molecule has 1 N–H and O–H groups in total. The Hall–Kier alpha value is -2.29. The fourth-order valence-electron chi connectivity index (χ4n) is 2.51. The summed E-state index contributed by atoms with van der Waals surface area (Å²) in [6.45, 7) is 6.64. The van der Waals surface area contributed by atoms with Gasteiger partial charge in [0.05, 0.1) is 7.11 Å². The maximum Gasteiger partial charge on any atom is 0.251 e. The van der Waals surface area contributed by atoms with Gasteiger partial charge in [-0.15, -0.1) is 0 Å². The molecule has 0 aliphatic carbocycles. The number of nitrogens with one attached hydrogen (secondary N) is 1. The summed E-state index contributed by atoms with van der Waals surface area (Å²) in [5.41, 5.74) is 5.22. The minimum atomic E-state index is -0.0205. The van der Waals surface area contributed by atoms with Crippen LogP contribution in [0.4, 0.5) is 0 Å². The van der Waals surface area contributed by atoms with Crippen LogP contribution in [0.15, 0.2) is 36.4 Å². The molecule has 0 unspecified atom stereocenters. The van der Waals surface area contributed by atoms with Crippen molar-refractivity contribution in [2.24, 2.45) is 0 Å². The van der Waals surface area contributed by atoms with Crippen molar-refractivity contribution in [3.63, 3.8) is 0 Å². The number of carbonyl (C=O) groups excluding carboxylic acids is 1. The zero-order chi connectivity index (χ0) is 16.1. The van der Waals surface area contributed by atoms with Gasteiger partial charge in [0.25, 0.3) is 5.91 Å². The lowest BCUT2D eigenvalue weighted by Gasteiger charge is -2.12. The third-order valence-corrected chi connectivity index (χ3v) is 3.97. The molecular formula is C19H23NO2. The average molecular weight is 297 g/mol. The summed E-state index contributed by atoms with van der Waals surface area (Å²) >= 11 is 0. The topological polar surface area (TPSA) is 38.3 Å². The molecule has 0 saturated heterocycles. The molecular weight excluding hydrogens is 274 g/mol. The second-order valence-corrected chi connectivity index (χ2v) is 5.57. The molecule has 0 aliphatic rings. The predicted octanol–water partition coefficient (Wildman–Crippen LogP) is 3.59. The molecule has 22 heavy (non-hydrogen) atoms. The zero-order valence-electron chi connectivity index (χ0n) is 13.7. The summed E-state index contributed by atoms with van der Waals surface area (Å²) in [7, 11) is 1.67. The van der Waals surface area contributed by atoms with Crippen LogP contribution in [0.25, 0.3) is 0 Å². The highest BCUT2D eigenvalue weighted by Crippen LogP contribution is 2.20. The molecule has 0 spiro atoms. The van der Waals surface area contributed by atoms with E-state index in [9.17, 15) is 4.79 Å². The van der Waals surface area contributed by atoms with Crippen LogP contribution in [-0.2, 0) is 6.42 Å². The summed E-state index contributed by atoms with van der Waals surface area (Å²) in [6.07, 6.45) is 0.751.